The summed E-state index contributed by atoms with van der Waals surface area (Å²) in [6.45, 7) is -0.000847. The molecule has 41 heavy (non-hydrogen) atoms. The maximum atomic E-state index is 13.9. The molecule has 2 N–H and O–H groups in total. The Kier molecular flexibility index (Phi) is 8.12. The monoisotopic (exact) mass is 556 g/mol. The van der Waals surface area contributed by atoms with Gasteiger partial charge in [-0.25, -0.2) is 14.8 Å². The molecule has 3 aromatic rings. The number of rotatable bonds is 7. The van der Waals surface area contributed by atoms with Crippen LogP contribution in [0, 0.1) is 18.3 Å². The highest BCUT2D eigenvalue weighted by Crippen LogP contribution is 2.29. The lowest BCUT2D eigenvalue weighted by Crippen LogP contribution is -2.76. The van der Waals surface area contributed by atoms with Gasteiger partial charge in [0.05, 0.1) is 31.9 Å². The number of urea groups is 1. The molecule has 0 aliphatic carbocycles. The van der Waals surface area contributed by atoms with E-state index in [0.717, 1.165) is 5.56 Å². The van der Waals surface area contributed by atoms with Crippen molar-refractivity contribution in [1.82, 2.24) is 30.1 Å². The molecule has 2 saturated heterocycles. The number of phenols is 1. The van der Waals surface area contributed by atoms with Gasteiger partial charge in [0.2, 0.25) is 17.8 Å². The number of hydrogen-bond donors (Lipinski definition) is 2. The molecule has 0 radical (unpaired) electrons. The molecule has 2 fully saturated rings. The van der Waals surface area contributed by atoms with Gasteiger partial charge >= 0.3 is 6.03 Å². The van der Waals surface area contributed by atoms with Gasteiger partial charge in [-0.1, -0.05) is 54.5 Å². The number of carbonyl (C=O) groups is 3. The molecule has 0 bridgehead atoms. The summed E-state index contributed by atoms with van der Waals surface area (Å²) in [6.07, 6.45) is 4.87. The zero-order valence-corrected chi connectivity index (χ0v) is 22.2. The number of nitrogens with one attached hydrogen (secondary N) is 1. The summed E-state index contributed by atoms with van der Waals surface area (Å²) in [6, 6.07) is 18.6. The van der Waals surface area contributed by atoms with Gasteiger partial charge in [-0.3, -0.25) is 9.59 Å². The van der Waals surface area contributed by atoms with Crippen molar-refractivity contribution < 1.29 is 23.9 Å². The van der Waals surface area contributed by atoms with Crippen LogP contribution in [0.5, 0.6) is 5.75 Å². The van der Waals surface area contributed by atoms with Crippen molar-refractivity contribution in [2.24, 2.45) is 0 Å². The SMILES string of the molecule is C#CCN1CC(=O)N2[C@@H](Cc3ccc(O)cc3)C(=O)N(Cc3cccc(F)n3)C[C@@H]2N1C(=O)NCc1ccccc1. The molecule has 1 aromatic heterocycles. The highest BCUT2D eigenvalue weighted by atomic mass is 19.1. The Balaban J connectivity index is 1.49. The summed E-state index contributed by atoms with van der Waals surface area (Å²) in [7, 11) is 0. The number of amides is 4. The number of halogens is 1. The first-order valence-electron chi connectivity index (χ1n) is 13.1. The highest BCUT2D eigenvalue weighted by molar-refractivity contribution is 5.91. The van der Waals surface area contributed by atoms with Crippen molar-refractivity contribution in [2.45, 2.75) is 31.7 Å². The molecule has 5 rings (SSSR count). The Hall–Kier alpha value is -4.95. The number of fused-ring (bicyclic) bond motifs is 1. The zero-order chi connectivity index (χ0) is 28.9. The van der Waals surface area contributed by atoms with Gasteiger partial charge in [0, 0.05) is 13.0 Å². The van der Waals surface area contributed by atoms with E-state index >= 15 is 0 Å². The van der Waals surface area contributed by atoms with E-state index in [1.165, 1.54) is 44.1 Å². The topological polar surface area (TPSA) is 109 Å². The third kappa shape index (κ3) is 6.13. The lowest BCUT2D eigenvalue weighted by atomic mass is 9.98. The van der Waals surface area contributed by atoms with Crippen LogP contribution in [0.3, 0.4) is 0 Å². The van der Waals surface area contributed by atoms with Crippen molar-refractivity contribution in [3.05, 3.63) is 95.6 Å². The number of pyridine rings is 1. The standard InChI is InChI=1S/C30H29FN6O4/c1-2-15-35-20-28(39)36-25(16-21-11-13-24(38)14-12-21)29(40)34(18-23-9-6-10-26(31)33-23)19-27(36)37(35)30(41)32-17-22-7-4-3-5-8-22/h1,3-14,25,27,38H,15-20H2,(H,32,41)/t25-,27-/m0/s1. The molecule has 4 amide bonds. The van der Waals surface area contributed by atoms with Crippen molar-refractivity contribution in [1.29, 1.82) is 0 Å². The number of terminal acetylenes is 1. The van der Waals surface area contributed by atoms with Crippen LogP contribution in [0.15, 0.2) is 72.8 Å². The summed E-state index contributed by atoms with van der Waals surface area (Å²) in [5.41, 5.74) is 1.93. The number of piperazine rings is 1. The highest BCUT2D eigenvalue weighted by Gasteiger charge is 2.51. The third-order valence-corrected chi connectivity index (χ3v) is 7.09. The lowest BCUT2D eigenvalue weighted by Gasteiger charge is -2.54. The first kappa shape index (κ1) is 27.6. The van der Waals surface area contributed by atoms with E-state index in [4.69, 9.17) is 6.42 Å². The molecular weight excluding hydrogens is 527 g/mol. The number of benzene rings is 2. The van der Waals surface area contributed by atoms with E-state index < -0.39 is 24.2 Å². The minimum absolute atomic E-state index is 0.00311. The number of phenolic OH excluding ortho intramolecular Hbond substituents is 1. The van der Waals surface area contributed by atoms with Crippen LogP contribution in [-0.2, 0) is 29.1 Å². The van der Waals surface area contributed by atoms with Crippen molar-refractivity contribution in [3.63, 3.8) is 0 Å². The number of aromatic nitrogens is 1. The molecule has 3 heterocycles. The second-order valence-corrected chi connectivity index (χ2v) is 9.85. The average molecular weight is 557 g/mol. The molecule has 0 saturated carbocycles. The number of hydrogen-bond acceptors (Lipinski definition) is 6. The smallest absolute Gasteiger partial charge is 0.334 e. The van der Waals surface area contributed by atoms with Crippen LogP contribution in [-0.4, -0.2) is 79.6 Å². The molecule has 0 unspecified atom stereocenters. The van der Waals surface area contributed by atoms with E-state index in [2.05, 4.69) is 16.2 Å². The number of hydrazine groups is 1. The maximum absolute atomic E-state index is 13.9. The molecule has 0 spiro atoms. The molecular formula is C30H29FN6O4. The Labute approximate surface area is 237 Å². The molecule has 2 atom stereocenters. The van der Waals surface area contributed by atoms with Crippen LogP contribution in [0.25, 0.3) is 0 Å². The normalized spacial score (nSPS) is 19.1. The summed E-state index contributed by atoms with van der Waals surface area (Å²) in [5.74, 6) is 1.20. The van der Waals surface area contributed by atoms with Crippen molar-refractivity contribution >= 4 is 17.8 Å². The van der Waals surface area contributed by atoms with Gasteiger partial charge in [-0.2, -0.15) is 9.40 Å². The van der Waals surface area contributed by atoms with E-state index in [9.17, 15) is 23.9 Å². The first-order chi connectivity index (χ1) is 19.8. The van der Waals surface area contributed by atoms with E-state index in [0.29, 0.717) is 11.3 Å². The Morgan fingerprint density at radius 1 is 1.05 bits per heavy atom. The third-order valence-electron chi connectivity index (χ3n) is 7.09. The van der Waals surface area contributed by atoms with Crippen LogP contribution in [0.1, 0.15) is 16.8 Å². The van der Waals surface area contributed by atoms with Crippen LogP contribution < -0.4 is 5.32 Å². The summed E-state index contributed by atoms with van der Waals surface area (Å²) in [5, 5.41) is 15.5. The Morgan fingerprint density at radius 3 is 2.51 bits per heavy atom. The van der Waals surface area contributed by atoms with E-state index in [-0.39, 0.29) is 56.7 Å². The number of carbonyl (C=O) groups excluding carboxylic acids is 3. The predicted octanol–water partition coefficient (Wildman–Crippen LogP) is 2.11. The molecule has 2 aliphatic rings. The molecule has 210 valence electrons. The fraction of sp³-hybridized carbons (Fsp3) is 0.267. The quantitative estimate of drug-likeness (QED) is 0.341. The largest absolute Gasteiger partial charge is 0.508 e. The van der Waals surface area contributed by atoms with Crippen LogP contribution in [0.2, 0.25) is 0 Å². The van der Waals surface area contributed by atoms with E-state index in [1.807, 2.05) is 30.3 Å². The number of nitrogens with zero attached hydrogens (tertiary/aromatic N) is 5. The van der Waals surface area contributed by atoms with E-state index in [1.54, 1.807) is 18.2 Å². The number of aromatic hydroxyl groups is 1. The fourth-order valence-corrected chi connectivity index (χ4v) is 5.22. The summed E-state index contributed by atoms with van der Waals surface area (Å²) in [4.78, 5) is 47.9. The minimum Gasteiger partial charge on any atom is -0.508 e. The van der Waals surface area contributed by atoms with Gasteiger partial charge < -0.3 is 20.2 Å². The van der Waals surface area contributed by atoms with Crippen molar-refractivity contribution in [3.8, 4) is 18.1 Å². The second kappa shape index (κ2) is 12.1. The van der Waals surface area contributed by atoms with Crippen LogP contribution >= 0.6 is 0 Å². The van der Waals surface area contributed by atoms with Gasteiger partial charge in [0.1, 0.15) is 18.0 Å². The molecule has 11 heteroatoms. The Bertz CT molecular complexity index is 1460. The predicted molar refractivity (Wildman–Crippen MR) is 147 cm³/mol. The van der Waals surface area contributed by atoms with Gasteiger partial charge in [-0.05, 0) is 35.4 Å². The summed E-state index contributed by atoms with van der Waals surface area (Å²) >= 11 is 0. The van der Waals surface area contributed by atoms with Gasteiger partial charge in [0.25, 0.3) is 0 Å². The second-order valence-electron chi connectivity index (χ2n) is 9.85. The minimum atomic E-state index is -0.961. The Morgan fingerprint density at radius 2 is 1.80 bits per heavy atom. The summed E-state index contributed by atoms with van der Waals surface area (Å²) < 4.78 is 13.9. The van der Waals surface area contributed by atoms with Gasteiger partial charge in [-0.15, -0.1) is 6.42 Å². The zero-order valence-electron chi connectivity index (χ0n) is 22.2. The first-order valence-corrected chi connectivity index (χ1v) is 13.1. The lowest BCUT2D eigenvalue weighted by molar-refractivity contribution is -0.189. The maximum Gasteiger partial charge on any atom is 0.334 e. The molecule has 2 aromatic carbocycles. The van der Waals surface area contributed by atoms with Crippen molar-refractivity contribution in [2.75, 3.05) is 19.6 Å². The van der Waals surface area contributed by atoms with Crippen LogP contribution in [0.4, 0.5) is 9.18 Å². The molecule has 10 nitrogen and oxygen atoms in total. The van der Waals surface area contributed by atoms with Gasteiger partial charge in [0.15, 0.2) is 0 Å². The fourth-order valence-electron chi connectivity index (χ4n) is 5.22. The molecule has 2 aliphatic heterocycles. The average Bonchev–Trinajstić information content (AvgIpc) is 2.96.